The molecule has 36 heavy (non-hydrogen) atoms. The predicted molar refractivity (Wildman–Crippen MR) is 143 cm³/mol. The van der Waals surface area contributed by atoms with Crippen molar-refractivity contribution in [2.24, 2.45) is 0 Å². The monoisotopic (exact) mass is 469 g/mol. The molecular formula is C31H23N3O2. The Morgan fingerprint density at radius 3 is 2.03 bits per heavy atom. The van der Waals surface area contributed by atoms with E-state index >= 15 is 0 Å². The van der Waals surface area contributed by atoms with Gasteiger partial charge in [-0.25, -0.2) is 4.98 Å². The number of carbonyl (C=O) groups excluding carboxylic acids is 1. The zero-order valence-corrected chi connectivity index (χ0v) is 19.5. The molecule has 0 aliphatic carbocycles. The molecule has 1 amide bonds. The van der Waals surface area contributed by atoms with Crippen molar-refractivity contribution in [2.45, 2.75) is 13.1 Å². The molecule has 5 heteroatoms. The van der Waals surface area contributed by atoms with Gasteiger partial charge in [-0.2, -0.15) is 0 Å². The van der Waals surface area contributed by atoms with Gasteiger partial charge < -0.3 is 4.90 Å². The SMILES string of the molecule is O=C1/C(=C/c2nc3ccccc3c(=O)n2Cc2ccccc2)c2ccccc2N1Cc1ccccc1. The molecule has 5 nitrogen and oxygen atoms in total. The lowest BCUT2D eigenvalue weighted by Gasteiger charge is -2.17. The first-order valence-electron chi connectivity index (χ1n) is 11.9. The van der Waals surface area contributed by atoms with Gasteiger partial charge in [0.25, 0.3) is 11.5 Å². The van der Waals surface area contributed by atoms with E-state index < -0.39 is 0 Å². The van der Waals surface area contributed by atoms with Crippen molar-refractivity contribution >= 4 is 34.1 Å². The number of fused-ring (bicyclic) bond motifs is 2. The molecule has 2 heterocycles. The molecule has 0 fully saturated rings. The molecule has 174 valence electrons. The number of para-hydroxylation sites is 2. The first-order chi connectivity index (χ1) is 17.7. The maximum absolute atomic E-state index is 13.7. The number of nitrogens with zero attached hydrogens (tertiary/aromatic N) is 3. The van der Waals surface area contributed by atoms with Gasteiger partial charge in [0.1, 0.15) is 5.82 Å². The molecule has 0 atom stereocenters. The van der Waals surface area contributed by atoms with E-state index in [1.807, 2.05) is 103 Å². The first-order valence-corrected chi connectivity index (χ1v) is 11.9. The standard InChI is InChI=1S/C31H23N3O2/c35-30-25-16-7-9-17-27(25)32-29(34(30)21-23-13-5-2-6-14-23)19-26-24-15-8-10-18-28(24)33(31(26)36)20-22-11-3-1-4-12-22/h1-19H,20-21H2/b26-19+. The lowest BCUT2D eigenvalue weighted by atomic mass is 10.1. The van der Waals surface area contributed by atoms with Gasteiger partial charge in [-0.1, -0.05) is 91.0 Å². The molecule has 1 aliphatic rings. The van der Waals surface area contributed by atoms with Crippen LogP contribution in [-0.4, -0.2) is 15.5 Å². The Hall–Kier alpha value is -4.77. The van der Waals surface area contributed by atoms with Gasteiger partial charge in [0.05, 0.1) is 35.3 Å². The summed E-state index contributed by atoms with van der Waals surface area (Å²) >= 11 is 0. The third-order valence-electron chi connectivity index (χ3n) is 6.49. The highest BCUT2D eigenvalue weighted by atomic mass is 16.2. The van der Waals surface area contributed by atoms with E-state index in [0.717, 1.165) is 22.4 Å². The number of hydrogen-bond acceptors (Lipinski definition) is 3. The summed E-state index contributed by atoms with van der Waals surface area (Å²) in [7, 11) is 0. The fraction of sp³-hybridized carbons (Fsp3) is 0.0645. The average Bonchev–Trinajstić information content (AvgIpc) is 3.18. The minimum absolute atomic E-state index is 0.103. The molecule has 0 bridgehead atoms. The minimum atomic E-state index is -0.129. The fourth-order valence-corrected chi connectivity index (χ4v) is 4.71. The normalized spacial score (nSPS) is 13.9. The Morgan fingerprint density at radius 2 is 1.28 bits per heavy atom. The molecule has 0 saturated carbocycles. The fourth-order valence-electron chi connectivity index (χ4n) is 4.71. The van der Waals surface area contributed by atoms with Gasteiger partial charge >= 0.3 is 0 Å². The zero-order valence-electron chi connectivity index (χ0n) is 19.5. The average molecular weight is 470 g/mol. The molecule has 1 aromatic heterocycles. The first kappa shape index (κ1) is 21.7. The smallest absolute Gasteiger partial charge is 0.261 e. The van der Waals surface area contributed by atoms with E-state index in [9.17, 15) is 9.59 Å². The zero-order chi connectivity index (χ0) is 24.5. The highest BCUT2D eigenvalue weighted by Gasteiger charge is 2.32. The van der Waals surface area contributed by atoms with Crippen molar-refractivity contribution in [2.75, 3.05) is 4.90 Å². The van der Waals surface area contributed by atoms with Crippen LogP contribution in [0.2, 0.25) is 0 Å². The number of carbonyl (C=O) groups is 1. The van der Waals surface area contributed by atoms with Gasteiger partial charge in [-0.3, -0.25) is 14.2 Å². The van der Waals surface area contributed by atoms with Gasteiger partial charge in [0, 0.05) is 5.56 Å². The number of anilines is 1. The van der Waals surface area contributed by atoms with Crippen LogP contribution in [0.3, 0.4) is 0 Å². The van der Waals surface area contributed by atoms with Crippen LogP contribution < -0.4 is 10.5 Å². The molecule has 0 spiro atoms. The maximum atomic E-state index is 13.7. The van der Waals surface area contributed by atoms with E-state index in [0.29, 0.717) is 35.4 Å². The van der Waals surface area contributed by atoms with Crippen molar-refractivity contribution in [1.82, 2.24) is 9.55 Å². The van der Waals surface area contributed by atoms with Gasteiger partial charge in [-0.15, -0.1) is 0 Å². The molecule has 4 aromatic carbocycles. The second-order valence-corrected chi connectivity index (χ2v) is 8.82. The third-order valence-corrected chi connectivity index (χ3v) is 6.49. The summed E-state index contributed by atoms with van der Waals surface area (Å²) in [6.45, 7) is 0.830. The molecule has 6 rings (SSSR count). The summed E-state index contributed by atoms with van der Waals surface area (Å²) < 4.78 is 1.65. The van der Waals surface area contributed by atoms with Crippen LogP contribution in [0.15, 0.2) is 114 Å². The van der Waals surface area contributed by atoms with E-state index in [1.165, 1.54) is 0 Å². The summed E-state index contributed by atoms with van der Waals surface area (Å²) in [5, 5.41) is 0.555. The number of rotatable bonds is 5. The van der Waals surface area contributed by atoms with Crippen molar-refractivity contribution in [3.63, 3.8) is 0 Å². The molecule has 1 aliphatic heterocycles. The topological polar surface area (TPSA) is 55.2 Å². The van der Waals surface area contributed by atoms with Crippen LogP contribution in [0, 0.1) is 0 Å². The van der Waals surface area contributed by atoms with Crippen LogP contribution in [0.4, 0.5) is 5.69 Å². The highest BCUT2D eigenvalue weighted by molar-refractivity contribution is 6.35. The number of aromatic nitrogens is 2. The van der Waals surface area contributed by atoms with Crippen LogP contribution >= 0.6 is 0 Å². The molecule has 0 radical (unpaired) electrons. The lowest BCUT2D eigenvalue weighted by Crippen LogP contribution is -2.26. The van der Waals surface area contributed by atoms with Crippen molar-refractivity contribution in [3.8, 4) is 0 Å². The van der Waals surface area contributed by atoms with Crippen LogP contribution in [0.25, 0.3) is 22.6 Å². The van der Waals surface area contributed by atoms with Gasteiger partial charge in [0.15, 0.2) is 0 Å². The Morgan fingerprint density at radius 1 is 0.667 bits per heavy atom. The minimum Gasteiger partial charge on any atom is -0.303 e. The summed E-state index contributed by atoms with van der Waals surface area (Å²) in [5.74, 6) is 0.357. The Bertz CT molecular complexity index is 1670. The van der Waals surface area contributed by atoms with Gasteiger partial charge in [-0.05, 0) is 35.4 Å². The van der Waals surface area contributed by atoms with Crippen LogP contribution in [-0.2, 0) is 17.9 Å². The van der Waals surface area contributed by atoms with Crippen molar-refractivity contribution in [3.05, 3.63) is 142 Å². The lowest BCUT2D eigenvalue weighted by molar-refractivity contribution is -0.113. The van der Waals surface area contributed by atoms with E-state index in [-0.39, 0.29) is 11.5 Å². The Labute approximate surface area is 208 Å². The second kappa shape index (κ2) is 9.12. The molecule has 0 N–H and O–H groups in total. The van der Waals surface area contributed by atoms with Crippen LogP contribution in [0.1, 0.15) is 22.5 Å². The van der Waals surface area contributed by atoms with Crippen molar-refractivity contribution < 1.29 is 4.79 Å². The molecule has 5 aromatic rings. The quantitative estimate of drug-likeness (QED) is 0.318. The summed E-state index contributed by atoms with van der Waals surface area (Å²) in [5.41, 5.74) is 4.74. The van der Waals surface area contributed by atoms with E-state index in [4.69, 9.17) is 4.98 Å². The molecule has 0 saturated heterocycles. The maximum Gasteiger partial charge on any atom is 0.261 e. The largest absolute Gasteiger partial charge is 0.303 e. The summed E-state index contributed by atoms with van der Waals surface area (Å²) in [6.07, 6.45) is 1.77. The van der Waals surface area contributed by atoms with Gasteiger partial charge in [0.2, 0.25) is 0 Å². The number of hydrogen-bond donors (Lipinski definition) is 0. The second-order valence-electron chi connectivity index (χ2n) is 8.82. The van der Waals surface area contributed by atoms with E-state index in [1.54, 1.807) is 21.6 Å². The van der Waals surface area contributed by atoms with Crippen molar-refractivity contribution in [1.29, 1.82) is 0 Å². The van der Waals surface area contributed by atoms with Crippen LogP contribution in [0.5, 0.6) is 0 Å². The summed E-state index contributed by atoms with van der Waals surface area (Å²) in [6, 6.07) is 34.9. The summed E-state index contributed by atoms with van der Waals surface area (Å²) in [4.78, 5) is 33.9. The number of benzene rings is 4. The Balaban J connectivity index is 1.50. The number of amides is 1. The highest BCUT2D eigenvalue weighted by Crippen LogP contribution is 2.38. The molecule has 0 unspecified atom stereocenters. The Kier molecular flexibility index (Phi) is 5.51. The molecular weight excluding hydrogens is 446 g/mol. The van der Waals surface area contributed by atoms with E-state index in [2.05, 4.69) is 0 Å². The predicted octanol–water partition coefficient (Wildman–Crippen LogP) is 5.53. The third kappa shape index (κ3) is 3.91.